The van der Waals surface area contributed by atoms with E-state index in [-0.39, 0.29) is 36.7 Å². The zero-order valence-corrected chi connectivity index (χ0v) is 10.5. The summed E-state index contributed by atoms with van der Waals surface area (Å²) in [4.78, 5) is 36.3. The summed E-state index contributed by atoms with van der Waals surface area (Å²) in [5.74, 6) is -0.649. The van der Waals surface area contributed by atoms with Crippen molar-refractivity contribution in [2.45, 2.75) is 38.3 Å². The van der Waals surface area contributed by atoms with Crippen LogP contribution in [-0.2, 0) is 19.1 Å². The Morgan fingerprint density at radius 1 is 1.33 bits per heavy atom. The number of amides is 2. The maximum atomic E-state index is 12.0. The zero-order valence-electron chi connectivity index (χ0n) is 10.5. The minimum Gasteiger partial charge on any atom is -0.377 e. The van der Waals surface area contributed by atoms with Gasteiger partial charge in [-0.1, -0.05) is 0 Å². The van der Waals surface area contributed by atoms with Crippen LogP contribution in [0.25, 0.3) is 0 Å². The summed E-state index contributed by atoms with van der Waals surface area (Å²) in [6.07, 6.45) is 1.86. The van der Waals surface area contributed by atoms with Crippen LogP contribution in [0.4, 0.5) is 0 Å². The molecule has 6 nitrogen and oxygen atoms in total. The highest BCUT2D eigenvalue weighted by Crippen LogP contribution is 2.19. The van der Waals surface area contributed by atoms with Gasteiger partial charge in [-0.25, -0.2) is 0 Å². The van der Waals surface area contributed by atoms with Crippen LogP contribution in [-0.4, -0.2) is 54.3 Å². The number of Topliss-reactive ketones (excluding diaryl/α,β-unsaturated/α-hetero) is 1. The number of carbonyl (C=O) groups excluding carboxylic acids is 3. The fourth-order valence-electron chi connectivity index (χ4n) is 1.96. The first-order valence-electron chi connectivity index (χ1n) is 6.25. The molecule has 0 aromatic rings. The number of ketones is 1. The lowest BCUT2D eigenvalue weighted by Crippen LogP contribution is -2.56. The topological polar surface area (TPSA) is 75.7 Å². The number of carbonyl (C=O) groups is 3. The number of morpholine rings is 1. The van der Waals surface area contributed by atoms with Gasteiger partial charge in [-0.15, -0.1) is 0 Å². The van der Waals surface area contributed by atoms with Gasteiger partial charge >= 0.3 is 0 Å². The molecule has 1 aliphatic carbocycles. The van der Waals surface area contributed by atoms with E-state index in [1.165, 1.54) is 11.8 Å². The zero-order chi connectivity index (χ0) is 13.1. The standard InChI is InChI=1S/C12H18N2O4/c1-8(15)6-11(16)14-4-5-18-7-10(14)12(17)13-9-2-3-9/h9-10H,2-7H2,1H3,(H,13,17). The van der Waals surface area contributed by atoms with Gasteiger partial charge in [-0.2, -0.15) is 0 Å². The predicted molar refractivity (Wildman–Crippen MR) is 62.8 cm³/mol. The second kappa shape index (κ2) is 5.48. The minimum atomic E-state index is -0.591. The SMILES string of the molecule is CC(=O)CC(=O)N1CCOCC1C(=O)NC1CC1. The Bertz CT molecular complexity index is 365. The van der Waals surface area contributed by atoms with Gasteiger partial charge in [0.15, 0.2) is 0 Å². The van der Waals surface area contributed by atoms with Gasteiger partial charge in [-0.05, 0) is 19.8 Å². The Morgan fingerprint density at radius 3 is 2.67 bits per heavy atom. The third-order valence-corrected chi connectivity index (χ3v) is 3.08. The lowest BCUT2D eigenvalue weighted by atomic mass is 10.1. The van der Waals surface area contributed by atoms with Crippen molar-refractivity contribution in [2.24, 2.45) is 0 Å². The van der Waals surface area contributed by atoms with E-state index in [2.05, 4.69) is 5.32 Å². The monoisotopic (exact) mass is 254 g/mol. The van der Waals surface area contributed by atoms with Crippen molar-refractivity contribution in [3.05, 3.63) is 0 Å². The average molecular weight is 254 g/mol. The van der Waals surface area contributed by atoms with Crippen LogP contribution < -0.4 is 5.32 Å². The summed E-state index contributed by atoms with van der Waals surface area (Å²) in [5.41, 5.74) is 0. The van der Waals surface area contributed by atoms with Crippen molar-refractivity contribution in [3.63, 3.8) is 0 Å². The maximum Gasteiger partial charge on any atom is 0.245 e. The molecule has 18 heavy (non-hydrogen) atoms. The van der Waals surface area contributed by atoms with Crippen LogP contribution in [0.15, 0.2) is 0 Å². The average Bonchev–Trinajstić information content (AvgIpc) is 3.12. The van der Waals surface area contributed by atoms with Gasteiger partial charge in [0.1, 0.15) is 11.8 Å². The Kier molecular flexibility index (Phi) is 3.96. The quantitative estimate of drug-likeness (QED) is 0.684. The molecule has 2 aliphatic rings. The fourth-order valence-corrected chi connectivity index (χ4v) is 1.96. The molecule has 1 aliphatic heterocycles. The van der Waals surface area contributed by atoms with Crippen LogP contribution in [0, 0.1) is 0 Å². The fraction of sp³-hybridized carbons (Fsp3) is 0.750. The molecule has 2 fully saturated rings. The molecule has 0 bridgehead atoms. The van der Waals surface area contributed by atoms with Crippen LogP contribution in [0.3, 0.4) is 0 Å². The summed E-state index contributed by atoms with van der Waals surface area (Å²) in [7, 11) is 0. The summed E-state index contributed by atoms with van der Waals surface area (Å²) >= 11 is 0. The van der Waals surface area contributed by atoms with Crippen molar-refractivity contribution < 1.29 is 19.1 Å². The van der Waals surface area contributed by atoms with E-state index in [1.807, 2.05) is 0 Å². The van der Waals surface area contributed by atoms with Gasteiger partial charge in [0, 0.05) is 12.6 Å². The normalized spacial score (nSPS) is 23.6. The lowest BCUT2D eigenvalue weighted by molar-refractivity contribution is -0.149. The second-order valence-corrected chi connectivity index (χ2v) is 4.84. The van der Waals surface area contributed by atoms with E-state index >= 15 is 0 Å². The van der Waals surface area contributed by atoms with Crippen LogP contribution >= 0.6 is 0 Å². The Hall–Kier alpha value is -1.43. The van der Waals surface area contributed by atoms with Crippen molar-refractivity contribution in [1.82, 2.24) is 10.2 Å². The van der Waals surface area contributed by atoms with Gasteiger partial charge in [0.2, 0.25) is 11.8 Å². The summed E-state index contributed by atoms with van der Waals surface area (Å²) in [5, 5.41) is 2.86. The number of hydrogen-bond donors (Lipinski definition) is 1. The maximum absolute atomic E-state index is 12.0. The minimum absolute atomic E-state index is 0.146. The highest BCUT2D eigenvalue weighted by Gasteiger charge is 2.35. The number of ether oxygens (including phenoxy) is 1. The van der Waals surface area contributed by atoms with Crippen molar-refractivity contribution in [2.75, 3.05) is 19.8 Å². The molecule has 100 valence electrons. The molecular weight excluding hydrogens is 236 g/mol. The number of nitrogens with zero attached hydrogens (tertiary/aromatic N) is 1. The summed E-state index contributed by atoms with van der Waals surface area (Å²) in [6.45, 7) is 2.37. The number of hydrogen-bond acceptors (Lipinski definition) is 4. The van der Waals surface area contributed by atoms with E-state index < -0.39 is 6.04 Å². The highest BCUT2D eigenvalue weighted by atomic mass is 16.5. The molecular formula is C12H18N2O4. The van der Waals surface area contributed by atoms with Gasteiger partial charge in [-0.3, -0.25) is 14.4 Å². The highest BCUT2D eigenvalue weighted by molar-refractivity contribution is 5.98. The molecule has 1 atom stereocenters. The second-order valence-electron chi connectivity index (χ2n) is 4.84. The van der Waals surface area contributed by atoms with Crippen molar-refractivity contribution in [3.8, 4) is 0 Å². The smallest absolute Gasteiger partial charge is 0.245 e. The van der Waals surface area contributed by atoms with Gasteiger partial charge in [0.25, 0.3) is 0 Å². The molecule has 1 saturated heterocycles. The molecule has 2 rings (SSSR count). The number of rotatable bonds is 4. The lowest BCUT2D eigenvalue weighted by Gasteiger charge is -2.34. The van der Waals surface area contributed by atoms with Crippen molar-refractivity contribution in [1.29, 1.82) is 0 Å². The Morgan fingerprint density at radius 2 is 2.06 bits per heavy atom. The molecule has 0 aromatic heterocycles. The first-order chi connectivity index (χ1) is 8.58. The van der Waals surface area contributed by atoms with Crippen molar-refractivity contribution >= 4 is 17.6 Å². The first kappa shape index (κ1) is 13.0. The van der Waals surface area contributed by atoms with Crippen LogP contribution in [0.2, 0.25) is 0 Å². The number of nitrogens with one attached hydrogen (secondary N) is 1. The molecule has 0 spiro atoms. The third kappa shape index (κ3) is 3.29. The van der Waals surface area contributed by atoms with E-state index in [1.54, 1.807) is 0 Å². The Labute approximate surface area is 106 Å². The van der Waals surface area contributed by atoms with Crippen LogP contribution in [0.1, 0.15) is 26.2 Å². The van der Waals surface area contributed by atoms with E-state index in [0.717, 1.165) is 12.8 Å². The molecule has 0 aromatic carbocycles. The van der Waals surface area contributed by atoms with Gasteiger partial charge in [0.05, 0.1) is 19.6 Å². The molecule has 1 saturated carbocycles. The molecule has 1 heterocycles. The molecule has 0 radical (unpaired) electrons. The molecule has 1 N–H and O–H groups in total. The third-order valence-electron chi connectivity index (χ3n) is 3.08. The summed E-state index contributed by atoms with van der Waals surface area (Å²) in [6, 6.07) is -0.338. The van der Waals surface area contributed by atoms with E-state index in [0.29, 0.717) is 13.2 Å². The molecule has 1 unspecified atom stereocenters. The van der Waals surface area contributed by atoms with E-state index in [9.17, 15) is 14.4 Å². The Balaban J connectivity index is 1.97. The first-order valence-corrected chi connectivity index (χ1v) is 6.25. The van der Waals surface area contributed by atoms with Crippen LogP contribution in [0.5, 0.6) is 0 Å². The molecule has 6 heteroatoms. The molecule has 2 amide bonds. The predicted octanol–water partition coefficient (Wildman–Crippen LogP) is -0.528. The van der Waals surface area contributed by atoms with Gasteiger partial charge < -0.3 is 15.0 Å². The van der Waals surface area contributed by atoms with E-state index in [4.69, 9.17) is 4.74 Å². The summed E-state index contributed by atoms with van der Waals surface area (Å²) < 4.78 is 5.25. The largest absolute Gasteiger partial charge is 0.377 e.